The van der Waals surface area contributed by atoms with Gasteiger partial charge in [-0.2, -0.15) is 9.19 Å². The summed E-state index contributed by atoms with van der Waals surface area (Å²) in [5, 5.41) is 13.0. The van der Waals surface area contributed by atoms with Crippen LogP contribution in [-0.2, 0) is 10.0 Å². The van der Waals surface area contributed by atoms with E-state index in [-0.39, 0.29) is 17.2 Å². The van der Waals surface area contributed by atoms with Gasteiger partial charge < -0.3 is 20.9 Å². The van der Waals surface area contributed by atoms with Crippen LogP contribution in [0.15, 0.2) is 36.9 Å². The SMILES string of the molecule is CC(C)Nc1cc(Nc2ccnc(-c3cnn(S(=O)(=O)C4CC4)c3)n2)ncc1C(=O)NCCCN(C)C. The topological polar surface area (TPSA) is 147 Å². The van der Waals surface area contributed by atoms with Crippen LogP contribution in [0, 0.1) is 0 Å². The van der Waals surface area contributed by atoms with Crippen molar-refractivity contribution in [3.8, 4) is 11.4 Å². The van der Waals surface area contributed by atoms with Crippen LogP contribution < -0.4 is 16.0 Å². The molecule has 1 amide bonds. The van der Waals surface area contributed by atoms with Crippen LogP contribution in [0.2, 0.25) is 0 Å². The van der Waals surface area contributed by atoms with Crippen LogP contribution in [0.5, 0.6) is 0 Å². The normalized spacial score (nSPS) is 13.7. The Morgan fingerprint density at radius 3 is 2.68 bits per heavy atom. The molecule has 3 heterocycles. The Hall–Kier alpha value is -3.58. The van der Waals surface area contributed by atoms with E-state index in [1.54, 1.807) is 18.3 Å². The van der Waals surface area contributed by atoms with Gasteiger partial charge in [-0.3, -0.25) is 4.79 Å². The average Bonchev–Trinajstić information content (AvgIpc) is 3.59. The molecule has 0 aliphatic heterocycles. The van der Waals surface area contributed by atoms with E-state index in [9.17, 15) is 13.2 Å². The van der Waals surface area contributed by atoms with Crippen LogP contribution in [0.25, 0.3) is 11.4 Å². The van der Waals surface area contributed by atoms with Crippen LogP contribution in [0.4, 0.5) is 17.3 Å². The van der Waals surface area contributed by atoms with E-state index in [2.05, 4.69) is 40.9 Å². The number of hydrogen-bond donors (Lipinski definition) is 3. The van der Waals surface area contributed by atoms with Gasteiger partial charge in [-0.15, -0.1) is 0 Å². The standard InChI is InChI=1S/C24H33N9O3S/c1-16(2)29-20-12-22(27-14-19(20)24(34)26-9-5-11-32(3)4)30-21-8-10-25-23(31-21)17-13-28-33(15-17)37(35,36)18-6-7-18/h8,10,12-16,18H,5-7,9,11H2,1-4H3,(H,26,34)(H2,25,27,29,30,31). The lowest BCUT2D eigenvalue weighted by Gasteiger charge is -2.16. The second kappa shape index (κ2) is 11.2. The van der Waals surface area contributed by atoms with Crippen LogP contribution >= 0.6 is 0 Å². The zero-order valence-electron chi connectivity index (χ0n) is 21.5. The highest BCUT2D eigenvalue weighted by Crippen LogP contribution is 2.30. The maximum atomic E-state index is 12.8. The molecule has 13 heteroatoms. The molecule has 12 nitrogen and oxygen atoms in total. The molecule has 3 aromatic rings. The summed E-state index contributed by atoms with van der Waals surface area (Å²) in [4.78, 5) is 28.0. The van der Waals surface area contributed by atoms with Crippen LogP contribution in [0.1, 0.15) is 43.5 Å². The van der Waals surface area contributed by atoms with Gasteiger partial charge in [-0.1, -0.05) is 0 Å². The van der Waals surface area contributed by atoms with Crippen molar-refractivity contribution in [2.45, 2.75) is 44.4 Å². The van der Waals surface area contributed by atoms with Gasteiger partial charge >= 0.3 is 0 Å². The molecule has 0 spiro atoms. The molecule has 3 N–H and O–H groups in total. The van der Waals surface area contributed by atoms with Crippen LogP contribution in [0.3, 0.4) is 0 Å². The largest absolute Gasteiger partial charge is 0.382 e. The van der Waals surface area contributed by atoms with Crippen molar-refractivity contribution < 1.29 is 13.2 Å². The Morgan fingerprint density at radius 2 is 1.97 bits per heavy atom. The molecule has 198 valence electrons. The molecule has 0 unspecified atom stereocenters. The quantitative estimate of drug-likeness (QED) is 0.300. The summed E-state index contributed by atoms with van der Waals surface area (Å²) in [5.41, 5.74) is 1.60. The van der Waals surface area contributed by atoms with Crippen LogP contribution in [-0.4, -0.2) is 81.8 Å². The molecule has 0 bridgehead atoms. The number of amides is 1. The smallest absolute Gasteiger partial charge is 0.256 e. The molecule has 1 aliphatic rings. The molecule has 1 aliphatic carbocycles. The predicted molar refractivity (Wildman–Crippen MR) is 142 cm³/mol. The zero-order valence-corrected chi connectivity index (χ0v) is 22.3. The molecule has 0 atom stereocenters. The molecule has 0 aromatic carbocycles. The fourth-order valence-corrected chi connectivity index (χ4v) is 5.08. The second-order valence-corrected chi connectivity index (χ2v) is 11.6. The first-order valence-electron chi connectivity index (χ1n) is 12.2. The summed E-state index contributed by atoms with van der Waals surface area (Å²) >= 11 is 0. The van der Waals surface area contributed by atoms with E-state index >= 15 is 0 Å². The number of carbonyl (C=O) groups excluding carboxylic acids is 1. The summed E-state index contributed by atoms with van der Waals surface area (Å²) < 4.78 is 25.9. The average molecular weight is 528 g/mol. The molecular formula is C24H33N9O3S. The van der Waals surface area contributed by atoms with Gasteiger partial charge in [-0.05, 0) is 59.8 Å². The zero-order chi connectivity index (χ0) is 26.6. The molecule has 4 rings (SSSR count). The fourth-order valence-electron chi connectivity index (χ4n) is 3.60. The lowest BCUT2D eigenvalue weighted by molar-refractivity contribution is 0.0952. The highest BCUT2D eigenvalue weighted by molar-refractivity contribution is 7.90. The number of anilines is 3. The van der Waals surface area contributed by atoms with E-state index in [4.69, 9.17) is 0 Å². The summed E-state index contributed by atoms with van der Waals surface area (Å²) in [6, 6.07) is 3.54. The van der Waals surface area contributed by atoms with Crippen molar-refractivity contribution in [3.05, 3.63) is 42.5 Å². The molecule has 1 fully saturated rings. The maximum absolute atomic E-state index is 12.8. The number of rotatable bonds is 12. The van der Waals surface area contributed by atoms with Crippen molar-refractivity contribution in [2.24, 2.45) is 0 Å². The maximum Gasteiger partial charge on any atom is 0.256 e. The van der Waals surface area contributed by atoms with Crippen molar-refractivity contribution in [3.63, 3.8) is 0 Å². The summed E-state index contributed by atoms with van der Waals surface area (Å²) in [5.74, 6) is 1.09. The highest BCUT2D eigenvalue weighted by Gasteiger charge is 2.37. The number of carbonyl (C=O) groups is 1. The Morgan fingerprint density at radius 1 is 1.19 bits per heavy atom. The number of aromatic nitrogens is 5. The monoisotopic (exact) mass is 527 g/mol. The first-order chi connectivity index (χ1) is 17.6. The molecule has 3 aromatic heterocycles. The summed E-state index contributed by atoms with van der Waals surface area (Å²) in [6.45, 7) is 5.44. The minimum absolute atomic E-state index is 0.102. The molecule has 1 saturated carbocycles. The third kappa shape index (κ3) is 6.80. The van der Waals surface area contributed by atoms with Gasteiger partial charge in [0.25, 0.3) is 15.9 Å². The molecule has 0 saturated heterocycles. The van der Waals surface area contributed by atoms with Gasteiger partial charge in [-0.25, -0.2) is 23.4 Å². The number of nitrogens with zero attached hydrogens (tertiary/aromatic N) is 6. The van der Waals surface area contributed by atoms with Crippen molar-refractivity contribution >= 4 is 33.3 Å². The first kappa shape index (κ1) is 26.5. The lowest BCUT2D eigenvalue weighted by Crippen LogP contribution is -2.28. The third-order valence-corrected chi connectivity index (χ3v) is 7.63. The van der Waals surface area contributed by atoms with E-state index in [1.165, 1.54) is 18.6 Å². The van der Waals surface area contributed by atoms with Gasteiger partial charge in [0.2, 0.25) is 0 Å². The summed E-state index contributed by atoms with van der Waals surface area (Å²) in [6.07, 6.45) is 8.13. The Kier molecular flexibility index (Phi) is 8.03. The number of hydrogen-bond acceptors (Lipinski definition) is 10. The Bertz CT molecular complexity index is 1350. The van der Waals surface area contributed by atoms with Crippen molar-refractivity contribution in [1.82, 2.24) is 34.4 Å². The molecule has 37 heavy (non-hydrogen) atoms. The predicted octanol–water partition coefficient (Wildman–Crippen LogP) is 2.32. The summed E-state index contributed by atoms with van der Waals surface area (Å²) in [7, 11) is 0.524. The lowest BCUT2D eigenvalue weighted by atomic mass is 10.2. The number of pyridine rings is 1. The third-order valence-electron chi connectivity index (χ3n) is 5.60. The van der Waals surface area contributed by atoms with E-state index in [0.717, 1.165) is 17.1 Å². The molecular weight excluding hydrogens is 494 g/mol. The second-order valence-electron chi connectivity index (χ2n) is 9.56. The Labute approximate surface area is 217 Å². The Balaban J connectivity index is 1.49. The fraction of sp³-hybridized carbons (Fsp3) is 0.458. The van der Waals surface area contributed by atoms with E-state index < -0.39 is 10.0 Å². The van der Waals surface area contributed by atoms with Gasteiger partial charge in [0.05, 0.1) is 34.5 Å². The number of nitrogens with one attached hydrogen (secondary N) is 3. The van der Waals surface area contributed by atoms with Crippen molar-refractivity contribution in [2.75, 3.05) is 37.8 Å². The van der Waals surface area contributed by atoms with Gasteiger partial charge in [0.15, 0.2) is 5.82 Å². The highest BCUT2D eigenvalue weighted by atomic mass is 32.2. The minimum atomic E-state index is -3.47. The minimum Gasteiger partial charge on any atom is -0.382 e. The van der Waals surface area contributed by atoms with E-state index in [1.807, 2.05) is 27.9 Å². The van der Waals surface area contributed by atoms with Crippen molar-refractivity contribution in [1.29, 1.82) is 0 Å². The first-order valence-corrected chi connectivity index (χ1v) is 13.7. The van der Waals surface area contributed by atoms with Gasteiger partial charge in [0, 0.05) is 31.0 Å². The van der Waals surface area contributed by atoms with Gasteiger partial charge in [0.1, 0.15) is 11.6 Å². The van der Waals surface area contributed by atoms with E-state index in [0.29, 0.717) is 53.7 Å². The molecule has 0 radical (unpaired) electrons.